The lowest BCUT2D eigenvalue weighted by Crippen LogP contribution is -2.37. The highest BCUT2D eigenvalue weighted by molar-refractivity contribution is 14.1. The molecule has 4 nitrogen and oxygen atoms in total. The average molecular weight is 371 g/mol. The van der Waals surface area contributed by atoms with Crippen molar-refractivity contribution in [3.8, 4) is 11.5 Å². The minimum Gasteiger partial charge on any atom is -0.421 e. The SMILES string of the molecule is CC(C)(C)NCCc1nnc(-c2ccccc2I)o1. The summed E-state index contributed by atoms with van der Waals surface area (Å²) in [5, 5.41) is 11.6. The van der Waals surface area contributed by atoms with E-state index in [0.29, 0.717) is 11.8 Å². The highest BCUT2D eigenvalue weighted by Crippen LogP contribution is 2.23. The highest BCUT2D eigenvalue weighted by Gasteiger charge is 2.12. The number of aromatic nitrogens is 2. The van der Waals surface area contributed by atoms with Crippen LogP contribution in [0.1, 0.15) is 26.7 Å². The number of nitrogens with one attached hydrogen (secondary N) is 1. The van der Waals surface area contributed by atoms with Gasteiger partial charge in [-0.05, 0) is 55.5 Å². The van der Waals surface area contributed by atoms with E-state index in [1.807, 2.05) is 24.3 Å². The molecule has 1 N–H and O–H groups in total. The van der Waals surface area contributed by atoms with Gasteiger partial charge in [-0.2, -0.15) is 0 Å². The number of rotatable bonds is 4. The molecular formula is C14H18IN3O. The third-order valence-corrected chi connectivity index (χ3v) is 3.51. The average Bonchev–Trinajstić information content (AvgIpc) is 2.76. The third-order valence-electron chi connectivity index (χ3n) is 2.57. The molecule has 0 amide bonds. The predicted molar refractivity (Wildman–Crippen MR) is 83.9 cm³/mol. The van der Waals surface area contributed by atoms with E-state index in [1.54, 1.807) is 0 Å². The zero-order chi connectivity index (χ0) is 13.9. The van der Waals surface area contributed by atoms with Crippen LogP contribution in [0.3, 0.4) is 0 Å². The summed E-state index contributed by atoms with van der Waals surface area (Å²) in [6.45, 7) is 7.24. The molecular weight excluding hydrogens is 353 g/mol. The molecule has 0 aliphatic carbocycles. The van der Waals surface area contributed by atoms with Crippen molar-refractivity contribution in [1.29, 1.82) is 0 Å². The number of hydrogen-bond donors (Lipinski definition) is 1. The van der Waals surface area contributed by atoms with E-state index in [9.17, 15) is 0 Å². The van der Waals surface area contributed by atoms with Gasteiger partial charge >= 0.3 is 0 Å². The lowest BCUT2D eigenvalue weighted by molar-refractivity contribution is 0.412. The zero-order valence-corrected chi connectivity index (χ0v) is 13.6. The Bertz CT molecular complexity index is 546. The van der Waals surface area contributed by atoms with Gasteiger partial charge in [0.05, 0.1) is 5.56 Å². The first-order chi connectivity index (χ1) is 8.96. The first-order valence-electron chi connectivity index (χ1n) is 6.28. The summed E-state index contributed by atoms with van der Waals surface area (Å²) in [6.07, 6.45) is 0.744. The van der Waals surface area contributed by atoms with E-state index in [2.05, 4.69) is 58.9 Å². The van der Waals surface area contributed by atoms with Gasteiger partial charge in [-0.15, -0.1) is 10.2 Å². The Morgan fingerprint density at radius 2 is 1.95 bits per heavy atom. The minimum atomic E-state index is 0.109. The Hall–Kier alpha value is -0.950. The van der Waals surface area contributed by atoms with Crippen molar-refractivity contribution in [2.24, 2.45) is 0 Å². The maximum absolute atomic E-state index is 5.70. The summed E-state index contributed by atoms with van der Waals surface area (Å²) < 4.78 is 6.81. The summed E-state index contributed by atoms with van der Waals surface area (Å²) in [7, 11) is 0. The van der Waals surface area contributed by atoms with Gasteiger partial charge < -0.3 is 9.73 Å². The summed E-state index contributed by atoms with van der Waals surface area (Å²) >= 11 is 2.27. The van der Waals surface area contributed by atoms with Gasteiger partial charge in [0, 0.05) is 22.1 Å². The van der Waals surface area contributed by atoms with Gasteiger partial charge in [0.15, 0.2) is 0 Å². The molecule has 0 atom stereocenters. The largest absolute Gasteiger partial charge is 0.421 e. The lowest BCUT2D eigenvalue weighted by atomic mass is 10.1. The molecule has 1 heterocycles. The molecule has 19 heavy (non-hydrogen) atoms. The molecule has 0 bridgehead atoms. The molecule has 0 fully saturated rings. The molecule has 2 rings (SSSR count). The minimum absolute atomic E-state index is 0.109. The Morgan fingerprint density at radius 3 is 2.63 bits per heavy atom. The lowest BCUT2D eigenvalue weighted by Gasteiger charge is -2.19. The van der Waals surface area contributed by atoms with Crippen LogP contribution < -0.4 is 5.32 Å². The molecule has 0 radical (unpaired) electrons. The smallest absolute Gasteiger partial charge is 0.248 e. The number of hydrogen-bond acceptors (Lipinski definition) is 4. The highest BCUT2D eigenvalue weighted by atomic mass is 127. The van der Waals surface area contributed by atoms with Gasteiger partial charge in [-0.1, -0.05) is 12.1 Å². The maximum Gasteiger partial charge on any atom is 0.248 e. The fourth-order valence-electron chi connectivity index (χ4n) is 1.64. The summed E-state index contributed by atoms with van der Waals surface area (Å²) in [5.41, 5.74) is 1.10. The van der Waals surface area contributed by atoms with Crippen molar-refractivity contribution in [1.82, 2.24) is 15.5 Å². The van der Waals surface area contributed by atoms with Gasteiger partial charge in [0.25, 0.3) is 0 Å². The standard InChI is InChI=1S/C14H18IN3O/c1-14(2,3)16-9-8-12-17-18-13(19-12)10-6-4-5-7-11(10)15/h4-7,16H,8-9H2,1-3H3. The van der Waals surface area contributed by atoms with Gasteiger partial charge in [0.2, 0.25) is 11.8 Å². The van der Waals surface area contributed by atoms with Crippen LogP contribution in [0.15, 0.2) is 28.7 Å². The molecule has 0 aliphatic heterocycles. The molecule has 0 unspecified atom stereocenters. The summed E-state index contributed by atoms with van der Waals surface area (Å²) in [4.78, 5) is 0. The van der Waals surface area contributed by atoms with Crippen LogP contribution >= 0.6 is 22.6 Å². The Morgan fingerprint density at radius 1 is 1.21 bits per heavy atom. The van der Waals surface area contributed by atoms with Crippen LogP contribution in [0, 0.1) is 3.57 Å². The van der Waals surface area contributed by atoms with E-state index in [1.165, 1.54) is 0 Å². The van der Waals surface area contributed by atoms with E-state index in [0.717, 1.165) is 22.1 Å². The second-order valence-electron chi connectivity index (χ2n) is 5.41. The molecule has 2 aromatic rings. The quantitative estimate of drug-likeness (QED) is 0.839. The van der Waals surface area contributed by atoms with E-state index in [-0.39, 0.29) is 5.54 Å². The molecule has 1 aromatic carbocycles. The molecule has 5 heteroatoms. The molecule has 1 aromatic heterocycles. The Balaban J connectivity index is 2.02. The van der Waals surface area contributed by atoms with Crippen molar-refractivity contribution in [3.05, 3.63) is 33.7 Å². The van der Waals surface area contributed by atoms with Crippen LogP contribution in [-0.2, 0) is 6.42 Å². The van der Waals surface area contributed by atoms with E-state index < -0.39 is 0 Å². The number of nitrogens with zero attached hydrogens (tertiary/aromatic N) is 2. The maximum atomic E-state index is 5.70. The van der Waals surface area contributed by atoms with Crippen molar-refractivity contribution < 1.29 is 4.42 Å². The monoisotopic (exact) mass is 371 g/mol. The molecule has 0 saturated heterocycles. The fourth-order valence-corrected chi connectivity index (χ4v) is 2.26. The number of halogens is 1. The first-order valence-corrected chi connectivity index (χ1v) is 7.36. The molecule has 0 saturated carbocycles. The first kappa shape index (κ1) is 14.5. The Kier molecular flexibility index (Phi) is 4.57. The van der Waals surface area contributed by atoms with Gasteiger partial charge in [0.1, 0.15) is 0 Å². The third kappa shape index (κ3) is 4.28. The van der Waals surface area contributed by atoms with Gasteiger partial charge in [-0.3, -0.25) is 0 Å². The van der Waals surface area contributed by atoms with Crippen molar-refractivity contribution in [3.63, 3.8) is 0 Å². The summed E-state index contributed by atoms with van der Waals surface area (Å²) in [6, 6.07) is 7.99. The number of benzene rings is 1. The van der Waals surface area contributed by atoms with Crippen molar-refractivity contribution >= 4 is 22.6 Å². The fraction of sp³-hybridized carbons (Fsp3) is 0.429. The van der Waals surface area contributed by atoms with Crippen LogP contribution in [0.25, 0.3) is 11.5 Å². The molecule has 0 aliphatic rings. The topological polar surface area (TPSA) is 51.0 Å². The van der Waals surface area contributed by atoms with E-state index >= 15 is 0 Å². The predicted octanol–water partition coefficient (Wildman–Crippen LogP) is 3.27. The Labute approximate surface area is 127 Å². The van der Waals surface area contributed by atoms with Crippen LogP contribution in [-0.4, -0.2) is 22.3 Å². The second kappa shape index (κ2) is 6.00. The van der Waals surface area contributed by atoms with Crippen molar-refractivity contribution in [2.45, 2.75) is 32.7 Å². The molecule has 102 valence electrons. The summed E-state index contributed by atoms with van der Waals surface area (Å²) in [5.74, 6) is 1.27. The normalized spacial score (nSPS) is 11.8. The van der Waals surface area contributed by atoms with Crippen LogP contribution in [0.2, 0.25) is 0 Å². The molecule has 0 spiro atoms. The van der Waals surface area contributed by atoms with Crippen molar-refractivity contribution in [2.75, 3.05) is 6.54 Å². The van der Waals surface area contributed by atoms with Crippen LogP contribution in [0.4, 0.5) is 0 Å². The van der Waals surface area contributed by atoms with Gasteiger partial charge in [-0.25, -0.2) is 0 Å². The van der Waals surface area contributed by atoms with E-state index in [4.69, 9.17) is 4.42 Å². The second-order valence-corrected chi connectivity index (χ2v) is 6.57. The van der Waals surface area contributed by atoms with Crippen LogP contribution in [0.5, 0.6) is 0 Å². The zero-order valence-electron chi connectivity index (χ0n) is 11.4.